The van der Waals surface area contributed by atoms with Crippen LogP contribution in [0.5, 0.6) is 10.9 Å². The zero-order valence-electron chi connectivity index (χ0n) is 13.1. The van der Waals surface area contributed by atoms with E-state index in [0.717, 1.165) is 21.8 Å². The highest BCUT2D eigenvalue weighted by Crippen LogP contribution is 2.29. The molecule has 0 aliphatic heterocycles. The van der Waals surface area contributed by atoms with E-state index in [0.29, 0.717) is 5.19 Å². The van der Waals surface area contributed by atoms with E-state index in [1.807, 2.05) is 39.0 Å². The van der Waals surface area contributed by atoms with Gasteiger partial charge in [0.05, 0.1) is 12.2 Å². The zero-order chi connectivity index (χ0) is 16.1. The molecule has 0 aliphatic carbocycles. The van der Waals surface area contributed by atoms with E-state index < -0.39 is 0 Å². The Bertz CT molecular complexity index is 741. The summed E-state index contributed by atoms with van der Waals surface area (Å²) in [5.41, 5.74) is 2.20. The topological polar surface area (TPSA) is 51.2 Å². The molecule has 5 heteroatoms. The van der Waals surface area contributed by atoms with Crippen LogP contribution in [0, 0.1) is 25.7 Å². The first kappa shape index (κ1) is 16.1. The number of nitrogens with one attached hydrogen (secondary N) is 1. The Morgan fingerprint density at radius 2 is 2.18 bits per heavy atom. The predicted molar refractivity (Wildman–Crippen MR) is 88.3 cm³/mol. The summed E-state index contributed by atoms with van der Waals surface area (Å²) in [6, 6.07) is 5.86. The Morgan fingerprint density at radius 3 is 2.91 bits per heavy atom. The third kappa shape index (κ3) is 4.61. The minimum atomic E-state index is -0.192. The fourth-order valence-corrected chi connectivity index (χ4v) is 2.44. The number of aromatic nitrogens is 1. The third-order valence-electron chi connectivity index (χ3n) is 2.86. The van der Waals surface area contributed by atoms with Crippen LogP contribution in [0.1, 0.15) is 29.9 Å². The standard InChI is InChI=1S/C17H18N2O2S/c1-11-5-6-12(2)16(9-11)21-17-18-10-15(22-17)8-7-13(3)19-14(4)20/h5-6,9-10,13H,1-4H3,(H,19,20). The number of amides is 1. The molecule has 1 aromatic heterocycles. The molecule has 1 heterocycles. The van der Waals surface area contributed by atoms with Gasteiger partial charge in [0.15, 0.2) is 0 Å². The number of rotatable bonds is 3. The zero-order valence-corrected chi connectivity index (χ0v) is 13.9. The Labute approximate surface area is 134 Å². The number of carbonyl (C=O) groups excluding carboxylic acids is 1. The van der Waals surface area contributed by atoms with Crippen LogP contribution in [0.2, 0.25) is 0 Å². The van der Waals surface area contributed by atoms with Gasteiger partial charge in [0, 0.05) is 6.92 Å². The lowest BCUT2D eigenvalue weighted by Gasteiger charge is -2.06. The molecular formula is C17H18N2O2S. The molecule has 0 bridgehead atoms. The van der Waals surface area contributed by atoms with E-state index >= 15 is 0 Å². The number of aryl methyl sites for hydroxylation is 2. The van der Waals surface area contributed by atoms with Gasteiger partial charge in [-0.25, -0.2) is 4.98 Å². The van der Waals surface area contributed by atoms with Crippen molar-refractivity contribution < 1.29 is 9.53 Å². The first-order valence-corrected chi connectivity index (χ1v) is 7.75. The summed E-state index contributed by atoms with van der Waals surface area (Å²) in [4.78, 5) is 16.0. The molecule has 0 fully saturated rings. The molecule has 2 rings (SSSR count). The molecule has 1 N–H and O–H groups in total. The van der Waals surface area contributed by atoms with Gasteiger partial charge >= 0.3 is 0 Å². The van der Waals surface area contributed by atoms with Crippen LogP contribution in [0.4, 0.5) is 0 Å². The number of nitrogens with zero attached hydrogens (tertiary/aromatic N) is 1. The molecule has 0 radical (unpaired) electrons. The summed E-state index contributed by atoms with van der Waals surface area (Å²) in [5.74, 6) is 6.67. The minimum absolute atomic E-state index is 0.0925. The molecular weight excluding hydrogens is 296 g/mol. The molecule has 0 aliphatic rings. The largest absolute Gasteiger partial charge is 0.431 e. The average molecular weight is 314 g/mol. The highest BCUT2D eigenvalue weighted by Gasteiger charge is 2.06. The maximum atomic E-state index is 10.9. The minimum Gasteiger partial charge on any atom is -0.431 e. The van der Waals surface area contributed by atoms with Gasteiger partial charge in [-0.2, -0.15) is 0 Å². The summed E-state index contributed by atoms with van der Waals surface area (Å²) < 4.78 is 5.81. The van der Waals surface area contributed by atoms with Crippen molar-refractivity contribution in [2.45, 2.75) is 33.7 Å². The van der Waals surface area contributed by atoms with Crippen molar-refractivity contribution in [1.29, 1.82) is 0 Å². The summed E-state index contributed by atoms with van der Waals surface area (Å²) in [6.45, 7) is 7.33. The maximum Gasteiger partial charge on any atom is 0.279 e. The van der Waals surface area contributed by atoms with Gasteiger partial charge in [0.25, 0.3) is 5.19 Å². The normalized spacial score (nSPS) is 11.3. The van der Waals surface area contributed by atoms with Crippen LogP contribution < -0.4 is 10.1 Å². The van der Waals surface area contributed by atoms with Crippen LogP contribution in [-0.4, -0.2) is 16.9 Å². The highest BCUT2D eigenvalue weighted by molar-refractivity contribution is 7.13. The van der Waals surface area contributed by atoms with Gasteiger partial charge in [-0.3, -0.25) is 4.79 Å². The van der Waals surface area contributed by atoms with E-state index in [2.05, 4.69) is 22.1 Å². The van der Waals surface area contributed by atoms with Crippen molar-refractivity contribution in [3.63, 3.8) is 0 Å². The van der Waals surface area contributed by atoms with Gasteiger partial charge < -0.3 is 10.1 Å². The highest BCUT2D eigenvalue weighted by atomic mass is 32.1. The van der Waals surface area contributed by atoms with Gasteiger partial charge in [0.1, 0.15) is 10.6 Å². The molecule has 22 heavy (non-hydrogen) atoms. The summed E-state index contributed by atoms with van der Waals surface area (Å²) in [6.07, 6.45) is 1.68. The molecule has 2 aromatic rings. The second-order valence-corrected chi connectivity index (χ2v) is 6.05. The van der Waals surface area contributed by atoms with Gasteiger partial charge in [-0.15, -0.1) is 0 Å². The van der Waals surface area contributed by atoms with Gasteiger partial charge in [-0.05, 0) is 38.0 Å². The van der Waals surface area contributed by atoms with Crippen molar-refractivity contribution in [2.24, 2.45) is 0 Å². The van der Waals surface area contributed by atoms with Crippen LogP contribution in [0.15, 0.2) is 24.4 Å². The van der Waals surface area contributed by atoms with Gasteiger partial charge in [0.2, 0.25) is 5.91 Å². The average Bonchev–Trinajstić information content (AvgIpc) is 2.88. The number of hydrogen-bond acceptors (Lipinski definition) is 4. The second kappa shape index (κ2) is 7.10. The number of thiazole rings is 1. The molecule has 0 saturated carbocycles. The SMILES string of the molecule is CC(=O)NC(C)C#Cc1cnc(Oc2cc(C)ccc2C)s1. The lowest BCUT2D eigenvalue weighted by atomic mass is 10.1. The number of hydrogen-bond donors (Lipinski definition) is 1. The van der Waals surface area contributed by atoms with Crippen LogP contribution >= 0.6 is 11.3 Å². The van der Waals surface area contributed by atoms with Gasteiger partial charge in [-0.1, -0.05) is 35.3 Å². The van der Waals surface area contributed by atoms with E-state index in [-0.39, 0.29) is 11.9 Å². The predicted octanol–water partition coefficient (Wildman–Crippen LogP) is 3.43. The summed E-state index contributed by atoms with van der Waals surface area (Å²) >= 11 is 1.38. The molecule has 4 nitrogen and oxygen atoms in total. The smallest absolute Gasteiger partial charge is 0.279 e. The van der Waals surface area contributed by atoms with Crippen molar-refractivity contribution in [3.05, 3.63) is 40.4 Å². The molecule has 1 unspecified atom stereocenters. The van der Waals surface area contributed by atoms with Crippen molar-refractivity contribution >= 4 is 17.2 Å². The number of ether oxygens (including phenoxy) is 1. The Kier molecular flexibility index (Phi) is 5.18. The fourth-order valence-electron chi connectivity index (χ4n) is 1.79. The third-order valence-corrected chi connectivity index (χ3v) is 3.65. The Balaban J connectivity index is 2.07. The molecule has 1 aromatic carbocycles. The second-order valence-electron chi connectivity index (χ2n) is 5.05. The number of carbonyl (C=O) groups is 1. The van der Waals surface area contributed by atoms with Crippen LogP contribution in [0.3, 0.4) is 0 Å². The first-order valence-electron chi connectivity index (χ1n) is 6.93. The molecule has 1 atom stereocenters. The summed E-state index contributed by atoms with van der Waals surface area (Å²) in [7, 11) is 0. The van der Waals surface area contributed by atoms with E-state index in [9.17, 15) is 4.79 Å². The molecule has 114 valence electrons. The Hall–Kier alpha value is -2.32. The molecule has 0 spiro atoms. The van der Waals surface area contributed by atoms with Crippen molar-refractivity contribution in [1.82, 2.24) is 10.3 Å². The molecule has 1 amide bonds. The van der Waals surface area contributed by atoms with Crippen LogP contribution in [-0.2, 0) is 4.79 Å². The quantitative estimate of drug-likeness (QED) is 0.883. The monoisotopic (exact) mass is 314 g/mol. The summed E-state index contributed by atoms with van der Waals surface area (Å²) in [5, 5.41) is 3.27. The maximum absolute atomic E-state index is 10.9. The van der Waals surface area contributed by atoms with E-state index in [1.54, 1.807) is 6.20 Å². The van der Waals surface area contributed by atoms with Crippen LogP contribution in [0.25, 0.3) is 0 Å². The molecule has 0 saturated heterocycles. The lowest BCUT2D eigenvalue weighted by molar-refractivity contribution is -0.119. The first-order chi connectivity index (χ1) is 10.4. The van der Waals surface area contributed by atoms with E-state index in [1.165, 1.54) is 18.3 Å². The fraction of sp³-hybridized carbons (Fsp3) is 0.294. The lowest BCUT2D eigenvalue weighted by Crippen LogP contribution is -2.28. The van der Waals surface area contributed by atoms with Crippen molar-refractivity contribution in [2.75, 3.05) is 0 Å². The van der Waals surface area contributed by atoms with Crippen molar-refractivity contribution in [3.8, 4) is 22.8 Å². The van der Waals surface area contributed by atoms with E-state index in [4.69, 9.17) is 4.74 Å². The Morgan fingerprint density at radius 1 is 1.41 bits per heavy atom. The number of benzene rings is 1.